The quantitative estimate of drug-likeness (QED) is 0.589. The largest absolute Gasteiger partial charge is 0.349 e. The molecule has 1 aliphatic rings. The lowest BCUT2D eigenvalue weighted by Gasteiger charge is -2.15. The van der Waals surface area contributed by atoms with Crippen LogP contribution in [-0.4, -0.2) is 30.9 Å². The number of nitrogens with zero attached hydrogens (tertiary/aromatic N) is 1. The summed E-state index contributed by atoms with van der Waals surface area (Å²) in [5, 5.41) is 0. The van der Waals surface area contributed by atoms with E-state index < -0.39 is 0 Å². The Kier molecular flexibility index (Phi) is 2.49. The van der Waals surface area contributed by atoms with Gasteiger partial charge in [-0.2, -0.15) is 0 Å². The van der Waals surface area contributed by atoms with Crippen molar-refractivity contribution < 1.29 is 4.79 Å². The van der Waals surface area contributed by atoms with Gasteiger partial charge in [0.2, 0.25) is 5.91 Å². The van der Waals surface area contributed by atoms with Crippen LogP contribution in [0.2, 0.25) is 0 Å². The zero-order valence-corrected chi connectivity index (χ0v) is 7.21. The average Bonchev–Trinajstić information content (AvgIpc) is 2.34. The summed E-state index contributed by atoms with van der Waals surface area (Å²) >= 11 is 0. The lowest BCUT2D eigenvalue weighted by atomic mass is 10.1. The van der Waals surface area contributed by atoms with E-state index in [0.717, 1.165) is 19.3 Å². The van der Waals surface area contributed by atoms with Gasteiger partial charge in [0.25, 0.3) is 0 Å². The summed E-state index contributed by atoms with van der Waals surface area (Å²) in [7, 11) is 3.60. The molecule has 0 heterocycles. The van der Waals surface area contributed by atoms with Crippen molar-refractivity contribution in [1.29, 1.82) is 0 Å². The maximum absolute atomic E-state index is 11.4. The standard InChI is InChI=1S/C8H16N2O/c1-10(2)8(11)6-3-4-7(9)5-6/h6-7H,3-5,9H2,1-2H3/t6-,7-/m1/s1. The van der Waals surface area contributed by atoms with Gasteiger partial charge >= 0.3 is 0 Å². The van der Waals surface area contributed by atoms with Crippen molar-refractivity contribution >= 4 is 5.91 Å². The highest BCUT2D eigenvalue weighted by molar-refractivity contribution is 5.78. The van der Waals surface area contributed by atoms with Crippen LogP contribution in [-0.2, 0) is 4.79 Å². The van der Waals surface area contributed by atoms with Gasteiger partial charge in [-0.05, 0) is 19.3 Å². The molecular formula is C8H16N2O. The van der Waals surface area contributed by atoms with Gasteiger partial charge in [0.05, 0.1) is 0 Å². The Hall–Kier alpha value is -0.570. The summed E-state index contributed by atoms with van der Waals surface area (Å²) in [5.74, 6) is 0.429. The van der Waals surface area contributed by atoms with E-state index in [-0.39, 0.29) is 17.9 Å². The smallest absolute Gasteiger partial charge is 0.225 e. The Balaban J connectivity index is 2.43. The molecule has 0 aromatic heterocycles. The molecule has 3 heteroatoms. The van der Waals surface area contributed by atoms with E-state index in [9.17, 15) is 4.79 Å². The second kappa shape index (κ2) is 3.22. The minimum Gasteiger partial charge on any atom is -0.349 e. The van der Waals surface area contributed by atoms with Crippen LogP contribution < -0.4 is 5.73 Å². The van der Waals surface area contributed by atoms with Crippen LogP contribution in [0.25, 0.3) is 0 Å². The van der Waals surface area contributed by atoms with Gasteiger partial charge in [-0.1, -0.05) is 0 Å². The van der Waals surface area contributed by atoms with Crippen molar-refractivity contribution in [1.82, 2.24) is 4.90 Å². The third-order valence-electron chi connectivity index (χ3n) is 2.26. The molecule has 1 fully saturated rings. The maximum Gasteiger partial charge on any atom is 0.225 e. The Morgan fingerprint density at radius 2 is 2.09 bits per heavy atom. The van der Waals surface area contributed by atoms with Crippen LogP contribution in [0, 0.1) is 5.92 Å². The molecule has 0 saturated heterocycles. The molecular weight excluding hydrogens is 140 g/mol. The van der Waals surface area contributed by atoms with Crippen LogP contribution in [0.4, 0.5) is 0 Å². The third-order valence-corrected chi connectivity index (χ3v) is 2.26. The van der Waals surface area contributed by atoms with Crippen LogP contribution in [0.3, 0.4) is 0 Å². The molecule has 1 amide bonds. The van der Waals surface area contributed by atoms with Gasteiger partial charge in [-0.15, -0.1) is 0 Å². The lowest BCUT2D eigenvalue weighted by Crippen LogP contribution is -2.29. The van der Waals surface area contributed by atoms with Crippen LogP contribution in [0.5, 0.6) is 0 Å². The summed E-state index contributed by atoms with van der Waals surface area (Å²) in [6.45, 7) is 0. The van der Waals surface area contributed by atoms with Gasteiger partial charge < -0.3 is 10.6 Å². The second-order valence-electron chi connectivity index (χ2n) is 3.50. The molecule has 0 aromatic rings. The third kappa shape index (κ3) is 1.93. The number of rotatable bonds is 1. The zero-order valence-electron chi connectivity index (χ0n) is 7.21. The predicted molar refractivity (Wildman–Crippen MR) is 44.0 cm³/mol. The van der Waals surface area contributed by atoms with Crippen molar-refractivity contribution in [2.24, 2.45) is 11.7 Å². The van der Waals surface area contributed by atoms with Crippen LogP contribution in [0.15, 0.2) is 0 Å². The fourth-order valence-electron chi connectivity index (χ4n) is 1.61. The Morgan fingerprint density at radius 3 is 2.45 bits per heavy atom. The molecule has 0 aliphatic heterocycles. The van der Waals surface area contributed by atoms with E-state index in [2.05, 4.69) is 0 Å². The highest BCUT2D eigenvalue weighted by atomic mass is 16.2. The number of carbonyl (C=O) groups is 1. The Labute approximate surface area is 67.5 Å². The van der Waals surface area contributed by atoms with E-state index in [0.29, 0.717) is 0 Å². The summed E-state index contributed by atoms with van der Waals surface area (Å²) in [6, 6.07) is 0.254. The summed E-state index contributed by atoms with van der Waals surface area (Å²) in [6.07, 6.45) is 2.85. The normalized spacial score (nSPS) is 30.5. The minimum absolute atomic E-state index is 0.194. The Bertz CT molecular complexity index is 156. The van der Waals surface area contributed by atoms with Gasteiger partial charge in [0.1, 0.15) is 0 Å². The molecule has 64 valence electrons. The first kappa shape index (κ1) is 8.53. The maximum atomic E-state index is 11.4. The number of hydrogen-bond donors (Lipinski definition) is 1. The molecule has 0 spiro atoms. The van der Waals surface area contributed by atoms with E-state index >= 15 is 0 Å². The van der Waals surface area contributed by atoms with Crippen molar-refractivity contribution in [2.45, 2.75) is 25.3 Å². The zero-order chi connectivity index (χ0) is 8.43. The highest BCUT2D eigenvalue weighted by Gasteiger charge is 2.28. The van der Waals surface area contributed by atoms with E-state index in [1.807, 2.05) is 0 Å². The van der Waals surface area contributed by atoms with Crippen LogP contribution >= 0.6 is 0 Å². The Morgan fingerprint density at radius 1 is 1.45 bits per heavy atom. The van der Waals surface area contributed by atoms with Crippen LogP contribution in [0.1, 0.15) is 19.3 Å². The van der Waals surface area contributed by atoms with Crippen molar-refractivity contribution in [2.75, 3.05) is 14.1 Å². The molecule has 1 rings (SSSR count). The number of carbonyl (C=O) groups excluding carboxylic acids is 1. The first-order chi connectivity index (χ1) is 5.11. The second-order valence-corrected chi connectivity index (χ2v) is 3.50. The fraction of sp³-hybridized carbons (Fsp3) is 0.875. The predicted octanol–water partition coefficient (Wildman–Crippen LogP) is 0.202. The number of nitrogens with two attached hydrogens (primary N) is 1. The molecule has 0 unspecified atom stereocenters. The molecule has 11 heavy (non-hydrogen) atoms. The number of amides is 1. The molecule has 2 N–H and O–H groups in total. The molecule has 0 radical (unpaired) electrons. The van der Waals surface area contributed by atoms with Gasteiger partial charge in [-0.3, -0.25) is 4.79 Å². The van der Waals surface area contributed by atoms with Gasteiger partial charge in [0.15, 0.2) is 0 Å². The average molecular weight is 156 g/mol. The summed E-state index contributed by atoms with van der Waals surface area (Å²) in [5.41, 5.74) is 5.69. The van der Waals surface area contributed by atoms with Gasteiger partial charge in [-0.25, -0.2) is 0 Å². The number of hydrogen-bond acceptors (Lipinski definition) is 2. The first-order valence-electron chi connectivity index (χ1n) is 4.08. The monoisotopic (exact) mass is 156 g/mol. The molecule has 0 aromatic carbocycles. The van der Waals surface area contributed by atoms with Crippen molar-refractivity contribution in [3.05, 3.63) is 0 Å². The van der Waals surface area contributed by atoms with Gasteiger partial charge in [0, 0.05) is 26.1 Å². The molecule has 2 atom stereocenters. The summed E-state index contributed by atoms with van der Waals surface area (Å²) < 4.78 is 0. The molecule has 0 bridgehead atoms. The fourth-order valence-corrected chi connectivity index (χ4v) is 1.61. The highest BCUT2D eigenvalue weighted by Crippen LogP contribution is 2.25. The topological polar surface area (TPSA) is 46.3 Å². The van der Waals surface area contributed by atoms with E-state index in [4.69, 9.17) is 5.73 Å². The molecule has 1 aliphatic carbocycles. The lowest BCUT2D eigenvalue weighted by molar-refractivity contribution is -0.132. The molecule has 1 saturated carbocycles. The van der Waals surface area contributed by atoms with Crippen molar-refractivity contribution in [3.8, 4) is 0 Å². The minimum atomic E-state index is 0.194. The first-order valence-corrected chi connectivity index (χ1v) is 4.08. The van der Waals surface area contributed by atoms with E-state index in [1.54, 1.807) is 19.0 Å². The SMILES string of the molecule is CN(C)C(=O)[C@@H]1CC[C@@H](N)C1. The molecule has 3 nitrogen and oxygen atoms in total. The van der Waals surface area contributed by atoms with Crippen molar-refractivity contribution in [3.63, 3.8) is 0 Å². The summed E-state index contributed by atoms with van der Waals surface area (Å²) in [4.78, 5) is 13.0. The van der Waals surface area contributed by atoms with E-state index in [1.165, 1.54) is 0 Å².